The van der Waals surface area contributed by atoms with Gasteiger partial charge in [-0.2, -0.15) is 0 Å². The van der Waals surface area contributed by atoms with Gasteiger partial charge in [0, 0.05) is 13.7 Å². The van der Waals surface area contributed by atoms with E-state index in [1.54, 1.807) is 4.57 Å². The molecule has 0 saturated carbocycles. The molecule has 0 aromatic carbocycles. The molecule has 1 aliphatic rings. The van der Waals surface area contributed by atoms with Crippen LogP contribution < -0.4 is 10.8 Å². The predicted molar refractivity (Wildman–Crippen MR) is 128 cm³/mol. The summed E-state index contributed by atoms with van der Waals surface area (Å²) < 4.78 is 35.6. The van der Waals surface area contributed by atoms with E-state index in [1.165, 1.54) is 19.8 Å². The third-order valence-corrected chi connectivity index (χ3v) is 7.05. The highest BCUT2D eigenvalue weighted by Crippen LogP contribution is 2.39. The van der Waals surface area contributed by atoms with E-state index in [9.17, 15) is 19.4 Å². The molecule has 3 rings (SSSR count). The average molecular weight is 531 g/mol. The van der Waals surface area contributed by atoms with Crippen molar-refractivity contribution in [1.29, 1.82) is 0 Å². The summed E-state index contributed by atoms with van der Waals surface area (Å²) in [5.41, 5.74) is 6.58. The number of fused-ring (bicyclic) bond motifs is 1. The van der Waals surface area contributed by atoms with Gasteiger partial charge >= 0.3 is 13.7 Å². The molecule has 1 fully saturated rings. The predicted octanol–water partition coefficient (Wildman–Crippen LogP) is 1.15. The fourth-order valence-corrected chi connectivity index (χ4v) is 4.96. The SMILES string of the molecule is CCCC(CCC)C(=O)OCCNP(=O)(O)OC[C@H]1O[C@@H](n2cnc3c(N)ncnc32)C(OC)C1O. The lowest BCUT2D eigenvalue weighted by Gasteiger charge is -2.19. The van der Waals surface area contributed by atoms with Crippen LogP contribution in [-0.2, 0) is 28.1 Å². The Balaban J connectivity index is 1.52. The minimum Gasteiger partial charge on any atom is -0.464 e. The second-order valence-corrected chi connectivity index (χ2v) is 10.1. The number of nitrogens with one attached hydrogen (secondary N) is 1. The molecular formula is C21H35N6O8P. The highest BCUT2D eigenvalue weighted by Gasteiger charge is 2.46. The van der Waals surface area contributed by atoms with Gasteiger partial charge in [0.25, 0.3) is 0 Å². The highest BCUT2D eigenvalue weighted by molar-refractivity contribution is 7.50. The molecule has 36 heavy (non-hydrogen) atoms. The Morgan fingerprint density at radius 3 is 2.69 bits per heavy atom. The summed E-state index contributed by atoms with van der Waals surface area (Å²) in [6.07, 6.45) is 2.10. The maximum Gasteiger partial charge on any atom is 0.403 e. The number of nitrogens with two attached hydrogens (primary N) is 1. The monoisotopic (exact) mass is 530 g/mol. The summed E-state index contributed by atoms with van der Waals surface area (Å²) in [6, 6.07) is 0. The lowest BCUT2D eigenvalue weighted by Crippen LogP contribution is -2.35. The number of hydrogen-bond acceptors (Lipinski definition) is 11. The fraction of sp³-hybridized carbons (Fsp3) is 0.714. The summed E-state index contributed by atoms with van der Waals surface area (Å²) in [7, 11) is -2.86. The number of imidazole rings is 1. The van der Waals surface area contributed by atoms with E-state index in [-0.39, 0.29) is 30.9 Å². The standard InChI is InChI=1S/C21H35N6O8P/c1-4-6-13(7-5-2)21(29)33-9-8-26-36(30,31)34-10-14-16(28)17(32-3)20(35-14)27-12-25-15-18(22)23-11-24-19(15)27/h11-14,16-17,20,28H,4-10H2,1-3H3,(H2,22,23,24)(H2,26,30,31)/t14-,16?,17?,20-/m1/s1. The van der Waals surface area contributed by atoms with Crippen molar-refractivity contribution in [3.05, 3.63) is 12.7 Å². The number of anilines is 1. The van der Waals surface area contributed by atoms with Crippen LogP contribution in [0.3, 0.4) is 0 Å². The molecule has 2 aromatic rings. The number of aromatic nitrogens is 4. The number of aliphatic hydroxyl groups excluding tert-OH is 1. The number of ether oxygens (including phenoxy) is 3. The average Bonchev–Trinajstić information content (AvgIpc) is 3.41. The number of carbonyl (C=O) groups excluding carboxylic acids is 1. The molecular weight excluding hydrogens is 495 g/mol. The molecule has 14 nitrogen and oxygen atoms in total. The highest BCUT2D eigenvalue weighted by atomic mass is 31.2. The van der Waals surface area contributed by atoms with Crippen LogP contribution in [0.15, 0.2) is 12.7 Å². The lowest BCUT2D eigenvalue weighted by atomic mass is 9.99. The van der Waals surface area contributed by atoms with E-state index in [0.717, 1.165) is 25.7 Å². The molecule has 3 unspecified atom stereocenters. The van der Waals surface area contributed by atoms with Crippen molar-refractivity contribution < 1.29 is 38.1 Å². The second-order valence-electron chi connectivity index (χ2n) is 8.51. The summed E-state index contributed by atoms with van der Waals surface area (Å²) in [5, 5.41) is 13.0. The molecule has 5 N–H and O–H groups in total. The van der Waals surface area contributed by atoms with Crippen LogP contribution >= 0.6 is 7.75 Å². The first-order chi connectivity index (χ1) is 17.2. The number of esters is 1. The van der Waals surface area contributed by atoms with Crippen LogP contribution in [0.5, 0.6) is 0 Å². The normalized spacial score (nSPS) is 23.8. The molecule has 1 saturated heterocycles. The van der Waals surface area contributed by atoms with Gasteiger partial charge in [0.2, 0.25) is 0 Å². The van der Waals surface area contributed by atoms with Gasteiger partial charge in [-0.1, -0.05) is 26.7 Å². The molecule has 202 valence electrons. The third-order valence-electron chi connectivity index (χ3n) is 5.93. The molecule has 0 aliphatic carbocycles. The van der Waals surface area contributed by atoms with E-state index < -0.39 is 38.9 Å². The first-order valence-corrected chi connectivity index (χ1v) is 13.5. The van der Waals surface area contributed by atoms with Crippen molar-refractivity contribution in [2.45, 2.75) is 64.1 Å². The maximum atomic E-state index is 12.4. The summed E-state index contributed by atoms with van der Waals surface area (Å²) in [5.74, 6) is -0.293. The Morgan fingerprint density at radius 1 is 1.31 bits per heavy atom. The van der Waals surface area contributed by atoms with Gasteiger partial charge in [-0.15, -0.1) is 0 Å². The van der Waals surface area contributed by atoms with Crippen molar-refractivity contribution >= 4 is 30.7 Å². The van der Waals surface area contributed by atoms with Crippen LogP contribution in [-0.4, -0.2) is 80.7 Å². The van der Waals surface area contributed by atoms with Crippen LogP contribution in [0.2, 0.25) is 0 Å². The zero-order valence-corrected chi connectivity index (χ0v) is 21.5. The number of aliphatic hydroxyl groups is 1. The number of nitrogen functional groups attached to an aromatic ring is 1. The van der Waals surface area contributed by atoms with E-state index in [2.05, 4.69) is 20.0 Å². The molecule has 5 atom stereocenters. The Bertz CT molecular complexity index is 1050. The van der Waals surface area contributed by atoms with Gasteiger partial charge in [0.1, 0.15) is 36.8 Å². The Morgan fingerprint density at radius 2 is 2.03 bits per heavy atom. The van der Waals surface area contributed by atoms with Crippen LogP contribution in [0.25, 0.3) is 11.2 Å². The number of rotatable bonds is 14. The molecule has 2 aromatic heterocycles. The van der Waals surface area contributed by atoms with Gasteiger partial charge in [-0.25, -0.2) is 24.6 Å². The van der Waals surface area contributed by atoms with E-state index in [0.29, 0.717) is 11.2 Å². The Labute approximate surface area is 209 Å². The van der Waals surface area contributed by atoms with E-state index in [1.807, 2.05) is 13.8 Å². The first kappa shape index (κ1) is 28.4. The van der Waals surface area contributed by atoms with Crippen LogP contribution in [0, 0.1) is 5.92 Å². The van der Waals surface area contributed by atoms with Crippen molar-refractivity contribution in [3.63, 3.8) is 0 Å². The van der Waals surface area contributed by atoms with Gasteiger partial charge in [0.15, 0.2) is 17.7 Å². The van der Waals surface area contributed by atoms with Crippen molar-refractivity contribution in [1.82, 2.24) is 24.6 Å². The first-order valence-electron chi connectivity index (χ1n) is 11.9. The molecule has 0 amide bonds. The van der Waals surface area contributed by atoms with Gasteiger partial charge in [-0.05, 0) is 12.8 Å². The molecule has 3 heterocycles. The van der Waals surface area contributed by atoms with Gasteiger partial charge in [0.05, 0.1) is 18.9 Å². The summed E-state index contributed by atoms with van der Waals surface area (Å²) >= 11 is 0. The summed E-state index contributed by atoms with van der Waals surface area (Å²) in [6.45, 7) is 3.44. The molecule has 0 radical (unpaired) electrons. The summed E-state index contributed by atoms with van der Waals surface area (Å²) in [4.78, 5) is 34.5. The minimum absolute atomic E-state index is 0.0776. The zero-order valence-electron chi connectivity index (χ0n) is 20.6. The molecule has 15 heteroatoms. The maximum absolute atomic E-state index is 12.4. The zero-order chi connectivity index (χ0) is 26.3. The van der Waals surface area contributed by atoms with E-state index >= 15 is 0 Å². The van der Waals surface area contributed by atoms with Crippen LogP contribution in [0.4, 0.5) is 5.82 Å². The number of carbonyl (C=O) groups is 1. The number of hydrogen-bond donors (Lipinski definition) is 4. The van der Waals surface area contributed by atoms with Crippen LogP contribution in [0.1, 0.15) is 45.8 Å². The quantitative estimate of drug-likeness (QED) is 0.154. The fourth-order valence-electron chi connectivity index (χ4n) is 4.14. The largest absolute Gasteiger partial charge is 0.464 e. The molecule has 1 aliphatic heterocycles. The van der Waals surface area contributed by atoms with E-state index in [4.69, 9.17) is 24.5 Å². The Kier molecular flexibility index (Phi) is 10.1. The number of nitrogens with zero attached hydrogens (tertiary/aromatic N) is 4. The van der Waals surface area contributed by atoms with Crippen molar-refractivity contribution in [3.8, 4) is 0 Å². The topological polar surface area (TPSA) is 193 Å². The Hall–Kier alpha value is -2.19. The minimum atomic E-state index is -4.26. The van der Waals surface area contributed by atoms with Gasteiger partial charge < -0.3 is 29.9 Å². The lowest BCUT2D eigenvalue weighted by molar-refractivity contribution is -0.148. The number of methoxy groups -OCH3 is 1. The molecule has 0 spiro atoms. The van der Waals surface area contributed by atoms with Gasteiger partial charge in [-0.3, -0.25) is 13.9 Å². The third kappa shape index (κ3) is 6.76. The van der Waals surface area contributed by atoms with Crippen molar-refractivity contribution in [2.24, 2.45) is 5.92 Å². The smallest absolute Gasteiger partial charge is 0.403 e. The second kappa shape index (κ2) is 12.9. The molecule has 0 bridgehead atoms. The van der Waals surface area contributed by atoms with Crippen molar-refractivity contribution in [2.75, 3.05) is 32.6 Å².